The Kier molecular flexibility index (Phi) is 4.13. The van der Waals surface area contributed by atoms with Crippen LogP contribution in [0.4, 0.5) is 0 Å². The minimum atomic E-state index is -0.801. The number of rotatable bonds is 3. The van der Waals surface area contributed by atoms with E-state index in [1.54, 1.807) is 13.8 Å². The van der Waals surface area contributed by atoms with Crippen LogP contribution in [0.5, 0.6) is 0 Å². The van der Waals surface area contributed by atoms with Gasteiger partial charge in [0.2, 0.25) is 0 Å². The van der Waals surface area contributed by atoms with Gasteiger partial charge in [-0.2, -0.15) is 0 Å². The van der Waals surface area contributed by atoms with Gasteiger partial charge in [-0.05, 0) is 25.5 Å². The monoisotopic (exact) mass is 284 g/mol. The average molecular weight is 285 g/mol. The molecular formula is C14H17ClO4. The van der Waals surface area contributed by atoms with E-state index in [2.05, 4.69) is 0 Å². The van der Waals surface area contributed by atoms with Crippen molar-refractivity contribution < 1.29 is 19.0 Å². The van der Waals surface area contributed by atoms with Crippen molar-refractivity contribution in [3.05, 3.63) is 34.9 Å². The highest BCUT2D eigenvalue weighted by atomic mass is 35.5. The molecule has 0 aromatic heterocycles. The van der Waals surface area contributed by atoms with Crippen molar-refractivity contribution in [1.82, 2.24) is 0 Å². The SMILES string of the molecule is COC(=O)[C@@H]1OC(C)(C)O[C@@H]1Cc1ccccc1Cl. The Bertz CT molecular complexity index is 472. The first-order valence-electron chi connectivity index (χ1n) is 6.10. The number of ether oxygens (including phenoxy) is 3. The van der Waals surface area contributed by atoms with Crippen molar-refractivity contribution in [3.8, 4) is 0 Å². The van der Waals surface area contributed by atoms with Crippen molar-refractivity contribution in [2.75, 3.05) is 7.11 Å². The summed E-state index contributed by atoms with van der Waals surface area (Å²) in [7, 11) is 1.34. The molecule has 1 saturated heterocycles. The molecule has 1 aromatic rings. The highest BCUT2D eigenvalue weighted by molar-refractivity contribution is 6.31. The van der Waals surface area contributed by atoms with Crippen molar-refractivity contribution in [2.45, 2.75) is 38.3 Å². The van der Waals surface area contributed by atoms with Crippen molar-refractivity contribution >= 4 is 17.6 Å². The molecule has 0 radical (unpaired) electrons. The maximum absolute atomic E-state index is 11.7. The topological polar surface area (TPSA) is 44.8 Å². The summed E-state index contributed by atoms with van der Waals surface area (Å²) in [4.78, 5) is 11.7. The van der Waals surface area contributed by atoms with Crippen molar-refractivity contribution in [3.63, 3.8) is 0 Å². The molecule has 0 bridgehead atoms. The number of carbonyl (C=O) groups is 1. The van der Waals surface area contributed by atoms with Crippen LogP contribution in [-0.4, -0.2) is 31.1 Å². The van der Waals surface area contributed by atoms with Gasteiger partial charge in [-0.25, -0.2) is 4.79 Å². The molecule has 1 aliphatic heterocycles. The van der Waals surface area contributed by atoms with E-state index in [4.69, 9.17) is 25.8 Å². The molecular weight excluding hydrogens is 268 g/mol. The summed E-state index contributed by atoms with van der Waals surface area (Å²) >= 11 is 6.12. The predicted octanol–water partition coefficient (Wildman–Crippen LogP) is 2.58. The third-order valence-corrected chi connectivity index (χ3v) is 3.36. The van der Waals surface area contributed by atoms with E-state index in [0.717, 1.165) is 5.56 Å². The summed E-state index contributed by atoms with van der Waals surface area (Å²) in [5.74, 6) is -1.23. The van der Waals surface area contributed by atoms with Gasteiger partial charge in [-0.1, -0.05) is 29.8 Å². The van der Waals surface area contributed by atoms with Gasteiger partial charge >= 0.3 is 5.97 Å². The fourth-order valence-electron chi connectivity index (χ4n) is 2.18. The first-order valence-corrected chi connectivity index (χ1v) is 6.47. The largest absolute Gasteiger partial charge is 0.467 e. The lowest BCUT2D eigenvalue weighted by molar-refractivity contribution is -0.168. The molecule has 0 aliphatic carbocycles. The number of hydrogen-bond donors (Lipinski definition) is 0. The Morgan fingerprint density at radius 2 is 2.05 bits per heavy atom. The Hall–Kier alpha value is -1.10. The molecule has 0 N–H and O–H groups in total. The molecule has 104 valence electrons. The lowest BCUT2D eigenvalue weighted by Crippen LogP contribution is -2.34. The number of halogens is 1. The normalized spacial score (nSPS) is 25.3. The van der Waals surface area contributed by atoms with Crippen LogP contribution in [0.1, 0.15) is 19.4 Å². The Morgan fingerprint density at radius 3 is 2.68 bits per heavy atom. The number of benzene rings is 1. The number of carbonyl (C=O) groups excluding carboxylic acids is 1. The highest BCUT2D eigenvalue weighted by Gasteiger charge is 2.45. The van der Waals surface area contributed by atoms with E-state index in [-0.39, 0.29) is 0 Å². The Labute approximate surface area is 117 Å². The van der Waals surface area contributed by atoms with Crippen LogP contribution in [-0.2, 0) is 25.4 Å². The van der Waals surface area contributed by atoms with Gasteiger partial charge in [0.25, 0.3) is 0 Å². The molecule has 0 unspecified atom stereocenters. The van der Waals surface area contributed by atoms with Crippen molar-refractivity contribution in [2.24, 2.45) is 0 Å². The van der Waals surface area contributed by atoms with Crippen LogP contribution in [0.25, 0.3) is 0 Å². The van der Waals surface area contributed by atoms with Gasteiger partial charge in [-0.3, -0.25) is 0 Å². The molecule has 1 heterocycles. The molecule has 0 saturated carbocycles. The molecule has 1 aliphatic rings. The quantitative estimate of drug-likeness (QED) is 0.800. The van der Waals surface area contributed by atoms with E-state index >= 15 is 0 Å². The fourth-order valence-corrected chi connectivity index (χ4v) is 2.39. The van der Waals surface area contributed by atoms with Gasteiger partial charge in [0.1, 0.15) is 6.10 Å². The number of hydrogen-bond acceptors (Lipinski definition) is 4. The number of methoxy groups -OCH3 is 1. The summed E-state index contributed by atoms with van der Waals surface area (Å²) in [6.45, 7) is 3.55. The molecule has 19 heavy (non-hydrogen) atoms. The lowest BCUT2D eigenvalue weighted by Gasteiger charge is -2.17. The van der Waals surface area contributed by atoms with E-state index in [1.165, 1.54) is 7.11 Å². The maximum atomic E-state index is 11.7. The molecule has 0 spiro atoms. The Balaban J connectivity index is 2.18. The Morgan fingerprint density at radius 1 is 1.37 bits per heavy atom. The zero-order valence-corrected chi connectivity index (χ0v) is 11.9. The van der Waals surface area contributed by atoms with Crippen LogP contribution >= 0.6 is 11.6 Å². The molecule has 2 atom stereocenters. The molecule has 2 rings (SSSR count). The van der Waals surface area contributed by atoms with E-state index in [1.807, 2.05) is 24.3 Å². The smallest absolute Gasteiger partial charge is 0.337 e. The third-order valence-electron chi connectivity index (χ3n) is 3.00. The second-order valence-corrected chi connectivity index (χ2v) is 5.32. The van der Waals surface area contributed by atoms with Crippen LogP contribution in [0.3, 0.4) is 0 Å². The number of esters is 1. The standard InChI is InChI=1S/C14H17ClO4/c1-14(2)18-11(12(19-14)13(16)17-3)8-9-6-4-5-7-10(9)15/h4-7,11-12H,8H2,1-3H3/t11-,12-/m1/s1. The van der Waals surface area contributed by atoms with Gasteiger partial charge in [-0.15, -0.1) is 0 Å². The highest BCUT2D eigenvalue weighted by Crippen LogP contribution is 2.32. The zero-order valence-electron chi connectivity index (χ0n) is 11.2. The molecule has 4 nitrogen and oxygen atoms in total. The minimum absolute atomic E-state index is 0.401. The van der Waals surface area contributed by atoms with E-state index in [9.17, 15) is 4.79 Å². The molecule has 1 fully saturated rings. The molecule has 1 aromatic carbocycles. The molecule has 0 amide bonds. The van der Waals surface area contributed by atoms with E-state index < -0.39 is 24.0 Å². The summed E-state index contributed by atoms with van der Waals surface area (Å²) in [6, 6.07) is 7.48. The summed E-state index contributed by atoms with van der Waals surface area (Å²) in [5.41, 5.74) is 0.921. The van der Waals surface area contributed by atoms with Crippen molar-refractivity contribution in [1.29, 1.82) is 0 Å². The van der Waals surface area contributed by atoms with Crippen LogP contribution in [0, 0.1) is 0 Å². The second kappa shape index (κ2) is 5.49. The lowest BCUT2D eigenvalue weighted by atomic mass is 10.0. The second-order valence-electron chi connectivity index (χ2n) is 4.91. The van der Waals surface area contributed by atoms with Gasteiger partial charge in [0.05, 0.1) is 7.11 Å². The van der Waals surface area contributed by atoms with Crippen LogP contribution in [0.2, 0.25) is 5.02 Å². The summed E-state index contributed by atoms with van der Waals surface area (Å²) < 4.78 is 16.1. The fraction of sp³-hybridized carbons (Fsp3) is 0.500. The van der Waals surface area contributed by atoms with Crippen LogP contribution in [0.15, 0.2) is 24.3 Å². The van der Waals surface area contributed by atoms with Gasteiger partial charge in [0.15, 0.2) is 11.9 Å². The minimum Gasteiger partial charge on any atom is -0.467 e. The maximum Gasteiger partial charge on any atom is 0.337 e. The summed E-state index contributed by atoms with van der Waals surface area (Å²) in [6.07, 6.45) is -0.623. The first kappa shape index (κ1) is 14.3. The van der Waals surface area contributed by atoms with Crippen LogP contribution < -0.4 is 0 Å². The zero-order chi connectivity index (χ0) is 14.0. The predicted molar refractivity (Wildman–Crippen MR) is 71.0 cm³/mol. The average Bonchev–Trinajstić information content (AvgIpc) is 2.66. The molecule has 5 heteroatoms. The van der Waals surface area contributed by atoms with Gasteiger partial charge in [0, 0.05) is 11.4 Å². The third kappa shape index (κ3) is 3.26. The first-order chi connectivity index (χ1) is 8.93. The summed E-state index contributed by atoms with van der Waals surface area (Å²) in [5, 5.41) is 0.652. The van der Waals surface area contributed by atoms with Gasteiger partial charge < -0.3 is 14.2 Å². The van der Waals surface area contributed by atoms with E-state index in [0.29, 0.717) is 11.4 Å².